The van der Waals surface area contributed by atoms with Crippen molar-refractivity contribution in [1.29, 1.82) is 0 Å². The Kier molecular flexibility index (Phi) is 44.4. The molecule has 1 aliphatic rings. The smallest absolute Gasteiger partial charge is 0.335 e. The number of carbonyl (C=O) groups excluding carboxylic acids is 3. The zero-order valence-electron chi connectivity index (χ0n) is 45.3. The van der Waals surface area contributed by atoms with E-state index in [1.807, 2.05) is 24.3 Å². The van der Waals surface area contributed by atoms with Crippen molar-refractivity contribution < 1.29 is 58.2 Å². The van der Waals surface area contributed by atoms with E-state index < -0.39 is 67.3 Å². The van der Waals surface area contributed by atoms with Crippen LogP contribution in [-0.4, -0.2) is 89.2 Å². The standard InChI is InChI=1S/C61H98O12/c1-4-7-10-13-16-19-22-25-26-27-28-31-34-37-40-43-46-49-55(64)72-59-57(66)56(65)58(60(67)68)73-61(59)70-51-52(71-54(63)48-45-42-39-36-33-30-24-21-18-15-12-9-6-3)50-69-53(62)47-44-41-38-35-32-29-23-20-17-14-11-8-5-2/h8-9,11-12,17-18,20-21,29-30,32-33,38-39,41-42,52,56-59,61,65-66H,4-7,10,13-16,19,22-28,31,34-37,40,43-51H2,1-3H3,(H,67,68)/b11-8-,12-9-,20-17-,21-18-,32-29-,33-30-,41-38-,42-39-. The lowest BCUT2D eigenvalue weighted by Crippen LogP contribution is -2.61. The van der Waals surface area contributed by atoms with Gasteiger partial charge in [-0.3, -0.25) is 14.4 Å². The first kappa shape index (κ1) is 66.7. The van der Waals surface area contributed by atoms with Gasteiger partial charge in [0.05, 0.1) is 6.61 Å². The Bertz CT molecular complexity index is 1640. The molecule has 0 radical (unpaired) electrons. The third-order valence-corrected chi connectivity index (χ3v) is 12.2. The molecule has 1 fully saturated rings. The van der Waals surface area contributed by atoms with Crippen LogP contribution < -0.4 is 0 Å². The van der Waals surface area contributed by atoms with Gasteiger partial charge in [0.2, 0.25) is 0 Å². The van der Waals surface area contributed by atoms with Gasteiger partial charge in [0.1, 0.15) is 18.8 Å². The van der Waals surface area contributed by atoms with E-state index in [9.17, 15) is 34.5 Å². The van der Waals surface area contributed by atoms with Crippen LogP contribution in [0.5, 0.6) is 0 Å². The van der Waals surface area contributed by atoms with Crippen LogP contribution in [0.3, 0.4) is 0 Å². The summed E-state index contributed by atoms with van der Waals surface area (Å²) in [6.07, 6.45) is 51.4. The van der Waals surface area contributed by atoms with Crippen LogP contribution in [0.25, 0.3) is 0 Å². The Hall–Kier alpha value is -4.36. The first-order valence-corrected chi connectivity index (χ1v) is 28.2. The Morgan fingerprint density at radius 2 is 0.863 bits per heavy atom. The quantitative estimate of drug-likeness (QED) is 0.0228. The summed E-state index contributed by atoms with van der Waals surface area (Å²) < 4.78 is 28.2. The molecule has 0 aromatic rings. The minimum absolute atomic E-state index is 0.0239. The summed E-state index contributed by atoms with van der Waals surface area (Å²) in [7, 11) is 0. The summed E-state index contributed by atoms with van der Waals surface area (Å²) >= 11 is 0. The number of aliphatic hydroxyl groups excluding tert-OH is 2. The molecule has 3 N–H and O–H groups in total. The zero-order valence-corrected chi connectivity index (χ0v) is 45.3. The molecule has 414 valence electrons. The number of rotatable bonds is 46. The normalized spacial score (nSPS) is 19.1. The van der Waals surface area contributed by atoms with E-state index in [4.69, 9.17) is 23.7 Å². The van der Waals surface area contributed by atoms with Crippen LogP contribution in [0, 0.1) is 0 Å². The summed E-state index contributed by atoms with van der Waals surface area (Å²) in [5, 5.41) is 31.4. The molecule has 6 atom stereocenters. The molecule has 0 saturated carbocycles. The highest BCUT2D eigenvalue weighted by Crippen LogP contribution is 2.26. The van der Waals surface area contributed by atoms with Gasteiger partial charge in [-0.25, -0.2) is 4.79 Å². The number of ether oxygens (including phenoxy) is 5. The summed E-state index contributed by atoms with van der Waals surface area (Å²) in [5.41, 5.74) is 0. The molecular weight excluding hydrogens is 925 g/mol. The first-order valence-electron chi connectivity index (χ1n) is 28.2. The van der Waals surface area contributed by atoms with Gasteiger partial charge in [-0.15, -0.1) is 0 Å². The van der Waals surface area contributed by atoms with E-state index in [0.29, 0.717) is 25.7 Å². The second-order valence-corrected chi connectivity index (χ2v) is 18.8. The molecule has 0 aromatic carbocycles. The number of allylic oxidation sites excluding steroid dienone is 16. The average Bonchev–Trinajstić information content (AvgIpc) is 3.37. The maximum Gasteiger partial charge on any atom is 0.335 e. The van der Waals surface area contributed by atoms with Crippen molar-refractivity contribution in [1.82, 2.24) is 0 Å². The number of carboxylic acids is 1. The molecule has 6 unspecified atom stereocenters. The minimum Gasteiger partial charge on any atom is -0.479 e. The fourth-order valence-corrected chi connectivity index (χ4v) is 7.92. The Balaban J connectivity index is 2.76. The number of aliphatic carboxylic acids is 1. The SMILES string of the molecule is CC/C=C\C/C=C\C/C=C\C/C=C\CCC(=O)OCC(COC1OC(C(=O)O)C(O)C(O)C1OC(=O)CCCCCCCCCCCCCCCCCCC)OC(=O)CC/C=C\C/C=C\C/C=C\C/C=C\CC. The van der Waals surface area contributed by atoms with E-state index in [0.717, 1.165) is 70.6 Å². The van der Waals surface area contributed by atoms with Gasteiger partial charge >= 0.3 is 23.9 Å². The third kappa shape index (κ3) is 38.8. The number of hydrogen-bond donors (Lipinski definition) is 3. The Morgan fingerprint density at radius 3 is 1.29 bits per heavy atom. The fraction of sp³-hybridized carbons (Fsp3) is 0.672. The maximum atomic E-state index is 13.1. The largest absolute Gasteiger partial charge is 0.479 e. The van der Waals surface area contributed by atoms with Crippen molar-refractivity contribution in [3.63, 3.8) is 0 Å². The Morgan fingerprint density at radius 1 is 0.466 bits per heavy atom. The second-order valence-electron chi connectivity index (χ2n) is 18.8. The molecule has 0 spiro atoms. The number of esters is 3. The molecule has 12 nitrogen and oxygen atoms in total. The number of hydrogen-bond acceptors (Lipinski definition) is 11. The summed E-state index contributed by atoms with van der Waals surface area (Å²) in [5.74, 6) is -3.34. The van der Waals surface area contributed by atoms with Crippen molar-refractivity contribution >= 4 is 23.9 Å². The van der Waals surface area contributed by atoms with Crippen LogP contribution in [0.4, 0.5) is 0 Å². The topological polar surface area (TPSA) is 175 Å². The number of unbranched alkanes of at least 4 members (excludes halogenated alkanes) is 16. The fourth-order valence-electron chi connectivity index (χ4n) is 7.92. The molecule has 1 heterocycles. The van der Waals surface area contributed by atoms with Crippen molar-refractivity contribution in [3.8, 4) is 0 Å². The molecule has 12 heteroatoms. The predicted molar refractivity (Wildman–Crippen MR) is 294 cm³/mol. The minimum atomic E-state index is -1.92. The molecule has 1 aliphatic heterocycles. The molecular formula is C61H98O12. The third-order valence-electron chi connectivity index (χ3n) is 12.2. The maximum absolute atomic E-state index is 13.1. The number of carbonyl (C=O) groups is 4. The van der Waals surface area contributed by atoms with Gasteiger partial charge in [0.25, 0.3) is 0 Å². The van der Waals surface area contributed by atoms with E-state index >= 15 is 0 Å². The summed E-state index contributed by atoms with van der Waals surface area (Å²) in [6, 6.07) is 0. The lowest BCUT2D eigenvalue weighted by molar-refractivity contribution is -0.301. The van der Waals surface area contributed by atoms with Gasteiger partial charge in [-0.2, -0.15) is 0 Å². The van der Waals surface area contributed by atoms with E-state index in [2.05, 4.69) is 93.7 Å². The monoisotopic (exact) mass is 1020 g/mol. The molecule has 0 bridgehead atoms. The van der Waals surface area contributed by atoms with Gasteiger partial charge < -0.3 is 39.0 Å². The molecule has 1 rings (SSSR count). The number of carboxylic acid groups (broad SMARTS) is 1. The first-order chi connectivity index (χ1) is 35.6. The lowest BCUT2D eigenvalue weighted by atomic mass is 9.98. The molecule has 73 heavy (non-hydrogen) atoms. The second kappa shape index (κ2) is 48.6. The molecule has 0 amide bonds. The number of aliphatic hydroxyl groups is 2. The van der Waals surface area contributed by atoms with E-state index in [1.165, 1.54) is 77.0 Å². The van der Waals surface area contributed by atoms with Crippen LogP contribution in [-0.2, 0) is 42.9 Å². The highest BCUT2D eigenvalue weighted by molar-refractivity contribution is 5.74. The molecule has 1 saturated heterocycles. The van der Waals surface area contributed by atoms with Gasteiger partial charge in [-0.1, -0.05) is 221 Å². The van der Waals surface area contributed by atoms with Crippen molar-refractivity contribution in [2.45, 2.75) is 250 Å². The van der Waals surface area contributed by atoms with Crippen LogP contribution >= 0.6 is 0 Å². The van der Waals surface area contributed by atoms with E-state index in [1.54, 1.807) is 0 Å². The van der Waals surface area contributed by atoms with Crippen molar-refractivity contribution in [3.05, 3.63) is 97.2 Å². The Labute approximate surface area is 441 Å². The van der Waals surface area contributed by atoms with E-state index in [-0.39, 0.29) is 25.9 Å². The van der Waals surface area contributed by atoms with Crippen molar-refractivity contribution in [2.24, 2.45) is 0 Å². The molecule has 0 aliphatic carbocycles. The van der Waals surface area contributed by atoms with Gasteiger partial charge in [-0.05, 0) is 70.6 Å². The average molecular weight is 1020 g/mol. The van der Waals surface area contributed by atoms with Crippen molar-refractivity contribution in [2.75, 3.05) is 13.2 Å². The summed E-state index contributed by atoms with van der Waals surface area (Å²) in [6.45, 7) is 5.62. The predicted octanol–water partition coefficient (Wildman–Crippen LogP) is 14.1. The van der Waals surface area contributed by atoms with Crippen LogP contribution in [0.1, 0.15) is 213 Å². The lowest BCUT2D eigenvalue weighted by Gasteiger charge is -2.40. The summed E-state index contributed by atoms with van der Waals surface area (Å²) in [4.78, 5) is 50.9. The van der Waals surface area contributed by atoms with Gasteiger partial charge in [0, 0.05) is 19.3 Å². The highest BCUT2D eigenvalue weighted by atomic mass is 16.7. The van der Waals surface area contributed by atoms with Crippen LogP contribution in [0.2, 0.25) is 0 Å². The van der Waals surface area contributed by atoms with Crippen LogP contribution in [0.15, 0.2) is 97.2 Å². The van der Waals surface area contributed by atoms with Gasteiger partial charge in [0.15, 0.2) is 24.6 Å². The highest BCUT2D eigenvalue weighted by Gasteiger charge is 2.50. The zero-order chi connectivity index (χ0) is 53.3. The molecule has 0 aromatic heterocycles.